The number of halogens is 1. The van der Waals surface area contributed by atoms with Crippen LogP contribution in [0.1, 0.15) is 25.1 Å². The number of hydrogen-bond acceptors (Lipinski definition) is 3. The fourth-order valence-electron chi connectivity index (χ4n) is 1.97. The zero-order chi connectivity index (χ0) is 12.1. The van der Waals surface area contributed by atoms with Crippen LogP contribution in [-0.2, 0) is 12.1 Å². The summed E-state index contributed by atoms with van der Waals surface area (Å²) in [6.07, 6.45) is 0. The molecule has 88 valence electrons. The third-order valence-corrected chi connectivity index (χ3v) is 4.32. The smallest absolute Gasteiger partial charge is 0.286 e. The predicted octanol–water partition coefficient (Wildman–Crippen LogP) is 2.33. The third kappa shape index (κ3) is 1.90. The molecule has 5 nitrogen and oxygen atoms in total. The van der Waals surface area contributed by atoms with Crippen molar-refractivity contribution in [2.75, 3.05) is 5.32 Å². The molecule has 2 unspecified atom stereocenters. The third-order valence-electron chi connectivity index (χ3n) is 2.85. The van der Waals surface area contributed by atoms with Crippen molar-refractivity contribution in [2.24, 2.45) is 0 Å². The number of fused-ring (bicyclic) bond motifs is 1. The summed E-state index contributed by atoms with van der Waals surface area (Å²) < 4.78 is 3.80. The highest BCUT2D eigenvalue weighted by atomic mass is 127. The molecule has 1 aromatic rings. The van der Waals surface area contributed by atoms with Gasteiger partial charge in [0.25, 0.3) is 3.91 Å². The van der Waals surface area contributed by atoms with E-state index in [-0.39, 0.29) is 9.45 Å². The highest BCUT2D eigenvalue weighted by Crippen LogP contribution is 2.44. The van der Waals surface area contributed by atoms with Gasteiger partial charge in [-0.2, -0.15) is 5.10 Å². The number of amides is 1. The lowest BCUT2D eigenvalue weighted by Crippen LogP contribution is -2.28. The lowest BCUT2D eigenvalue weighted by atomic mass is 10.0. The maximum Gasteiger partial charge on any atom is 0.286 e. The number of nitrogens with one attached hydrogen (secondary N) is 1. The van der Waals surface area contributed by atoms with Gasteiger partial charge in [0.15, 0.2) is 5.82 Å². The van der Waals surface area contributed by atoms with Crippen molar-refractivity contribution in [3.63, 3.8) is 0 Å². The summed E-state index contributed by atoms with van der Waals surface area (Å²) in [4.78, 5) is 11.1. The first-order valence-corrected chi connectivity index (χ1v) is 6.81. The molecule has 8 heteroatoms. The monoisotopic (exact) mass is 370 g/mol. The molecule has 0 saturated carbocycles. The van der Waals surface area contributed by atoms with Crippen LogP contribution in [0.15, 0.2) is 0 Å². The molecule has 2 atom stereocenters. The van der Waals surface area contributed by atoms with Crippen LogP contribution in [0, 0.1) is 0 Å². The molecule has 1 aliphatic rings. The maximum absolute atomic E-state index is 11.1. The molecular formula is C8H13IN4OP2. The number of nitrogens with zero attached hydrogens (tertiary/aromatic N) is 3. The molecule has 1 amide bonds. The van der Waals surface area contributed by atoms with Gasteiger partial charge in [-0.05, 0) is 23.2 Å². The van der Waals surface area contributed by atoms with Crippen LogP contribution in [0.2, 0.25) is 0 Å². The summed E-state index contributed by atoms with van der Waals surface area (Å²) >= 11 is 1.71. The van der Waals surface area contributed by atoms with Gasteiger partial charge in [0, 0.05) is 34.7 Å². The van der Waals surface area contributed by atoms with E-state index in [0.29, 0.717) is 5.82 Å². The molecule has 0 aromatic carbocycles. The van der Waals surface area contributed by atoms with Gasteiger partial charge in [-0.1, -0.05) is 9.39 Å². The highest BCUT2D eigenvalue weighted by Gasteiger charge is 2.40. The fourth-order valence-corrected chi connectivity index (χ4v) is 3.11. The molecule has 1 aromatic heterocycles. The molecule has 2 heterocycles. The average molecular weight is 370 g/mol. The second-order valence-corrected chi connectivity index (χ2v) is 6.30. The van der Waals surface area contributed by atoms with Crippen molar-refractivity contribution < 1.29 is 4.79 Å². The Balaban J connectivity index is 2.50. The van der Waals surface area contributed by atoms with Crippen LogP contribution in [0.3, 0.4) is 0 Å². The highest BCUT2D eigenvalue weighted by molar-refractivity contribution is 14.1. The van der Waals surface area contributed by atoms with Crippen LogP contribution >= 0.6 is 41.4 Å². The van der Waals surface area contributed by atoms with Crippen molar-refractivity contribution in [3.8, 4) is 0 Å². The Morgan fingerprint density at radius 1 is 1.56 bits per heavy atom. The lowest BCUT2D eigenvalue weighted by molar-refractivity contribution is 0.270. The van der Waals surface area contributed by atoms with E-state index in [4.69, 9.17) is 0 Å². The minimum absolute atomic E-state index is 0.0942. The van der Waals surface area contributed by atoms with Crippen LogP contribution in [0.25, 0.3) is 0 Å². The minimum Gasteiger partial charge on any atom is -0.300 e. The summed E-state index contributed by atoms with van der Waals surface area (Å²) in [5.41, 5.74) is 2.11. The number of rotatable bonds is 1. The van der Waals surface area contributed by atoms with Gasteiger partial charge in [0.2, 0.25) is 0 Å². The normalized spacial score (nSPS) is 18.6. The Hall–Kier alpha value is 0.230. The van der Waals surface area contributed by atoms with E-state index in [2.05, 4.69) is 47.7 Å². The van der Waals surface area contributed by atoms with Gasteiger partial charge in [0.1, 0.15) is 0 Å². The zero-order valence-corrected chi connectivity index (χ0v) is 13.5. The molecular weight excluding hydrogens is 357 g/mol. The van der Waals surface area contributed by atoms with Crippen LogP contribution < -0.4 is 5.32 Å². The topological polar surface area (TPSA) is 50.2 Å². The van der Waals surface area contributed by atoms with Crippen molar-refractivity contribution in [3.05, 3.63) is 11.3 Å². The summed E-state index contributed by atoms with van der Waals surface area (Å²) in [5, 5.41) is 7.06. The summed E-state index contributed by atoms with van der Waals surface area (Å²) in [6, 6.07) is 0. The van der Waals surface area contributed by atoms with Gasteiger partial charge in [-0.25, -0.2) is 0 Å². The van der Waals surface area contributed by atoms with Gasteiger partial charge in [-0.3, -0.25) is 13.9 Å². The van der Waals surface area contributed by atoms with E-state index >= 15 is 0 Å². The van der Waals surface area contributed by atoms with Crippen molar-refractivity contribution in [1.82, 2.24) is 14.2 Å². The Morgan fingerprint density at radius 2 is 2.19 bits per heavy atom. The zero-order valence-electron chi connectivity index (χ0n) is 8.99. The van der Waals surface area contributed by atoms with E-state index in [1.165, 1.54) is 0 Å². The Morgan fingerprint density at radius 3 is 2.75 bits per heavy atom. The Labute approximate surface area is 112 Å². The molecule has 0 radical (unpaired) electrons. The first-order chi connectivity index (χ1) is 7.34. The standard InChI is InChI=1S/C8H13IN4OP2/c1-8(2)5-4(3-12(8)15)6(10-7(9)14)11-13(5)16/h3,15-16H2,1-2H3,(H,10,11,14). The molecule has 0 bridgehead atoms. The minimum atomic E-state index is -0.122. The van der Waals surface area contributed by atoms with Crippen molar-refractivity contribution in [1.29, 1.82) is 0 Å². The van der Waals surface area contributed by atoms with Crippen LogP contribution in [-0.4, -0.2) is 18.1 Å². The average Bonchev–Trinajstić information content (AvgIpc) is 2.52. The van der Waals surface area contributed by atoms with E-state index in [1.54, 1.807) is 27.0 Å². The second kappa shape index (κ2) is 4.16. The number of carbonyl (C=O) groups is 1. The lowest BCUT2D eigenvalue weighted by Gasteiger charge is -2.28. The van der Waals surface area contributed by atoms with Crippen LogP contribution in [0.5, 0.6) is 0 Å². The summed E-state index contributed by atoms with van der Waals surface area (Å²) in [6.45, 7) is 5.03. The predicted molar refractivity (Wildman–Crippen MR) is 78.7 cm³/mol. The first kappa shape index (κ1) is 12.7. The summed E-state index contributed by atoms with van der Waals surface area (Å²) in [5.74, 6) is 0.655. The molecule has 0 spiro atoms. The van der Waals surface area contributed by atoms with Gasteiger partial charge < -0.3 is 5.32 Å². The molecule has 16 heavy (non-hydrogen) atoms. The van der Waals surface area contributed by atoms with Crippen molar-refractivity contribution >= 4 is 51.1 Å². The molecule has 2 rings (SSSR count). The quantitative estimate of drug-likeness (QED) is 0.357. The number of hydrogen-bond donors (Lipinski definition) is 1. The van der Waals surface area contributed by atoms with Gasteiger partial charge >= 0.3 is 0 Å². The Kier molecular flexibility index (Phi) is 3.30. The van der Waals surface area contributed by atoms with Crippen LogP contribution in [0.4, 0.5) is 10.6 Å². The molecule has 0 saturated heterocycles. The first-order valence-electron chi connectivity index (χ1n) is 4.70. The van der Waals surface area contributed by atoms with Gasteiger partial charge in [-0.15, -0.1) is 0 Å². The van der Waals surface area contributed by atoms with E-state index in [0.717, 1.165) is 17.8 Å². The molecule has 1 aliphatic heterocycles. The van der Waals surface area contributed by atoms with E-state index in [9.17, 15) is 4.79 Å². The summed E-state index contributed by atoms with van der Waals surface area (Å²) in [7, 11) is 5.28. The molecule has 0 fully saturated rings. The SMILES string of the molecule is CC1(C)c2c(c(NC(=O)I)nn2P)CN1P. The number of anilines is 1. The molecule has 0 aliphatic carbocycles. The second-order valence-electron chi connectivity index (χ2n) is 4.21. The van der Waals surface area contributed by atoms with Gasteiger partial charge in [0.05, 0.1) is 11.2 Å². The fraction of sp³-hybridized carbons (Fsp3) is 0.500. The van der Waals surface area contributed by atoms with Crippen molar-refractivity contribution in [2.45, 2.75) is 25.9 Å². The molecule has 1 N–H and O–H groups in total. The van der Waals surface area contributed by atoms with E-state index in [1.807, 2.05) is 0 Å². The maximum atomic E-state index is 11.1. The number of carbonyl (C=O) groups excluding carboxylic acids is 1. The largest absolute Gasteiger partial charge is 0.300 e. The van der Waals surface area contributed by atoms with E-state index < -0.39 is 0 Å². The Bertz CT molecular complexity index is 459. The number of aromatic nitrogens is 2.